The normalized spacial score (nSPS) is 15.1. The number of benzene rings is 2. The minimum Gasteiger partial charge on any atom is -0.377 e. The number of aromatic amines is 1. The van der Waals surface area contributed by atoms with Crippen molar-refractivity contribution < 1.29 is 4.52 Å². The van der Waals surface area contributed by atoms with E-state index in [2.05, 4.69) is 37.6 Å². The van der Waals surface area contributed by atoms with E-state index in [0.717, 1.165) is 46.6 Å². The van der Waals surface area contributed by atoms with Gasteiger partial charge >= 0.3 is 0 Å². The molecule has 2 aromatic heterocycles. The molecule has 0 bridgehead atoms. The second kappa shape index (κ2) is 6.51. The van der Waals surface area contributed by atoms with Gasteiger partial charge in [-0.1, -0.05) is 29.4 Å². The number of fused-ring (bicyclic) bond motifs is 1. The van der Waals surface area contributed by atoms with Crippen LogP contribution < -0.4 is 11.1 Å². The van der Waals surface area contributed by atoms with Gasteiger partial charge in [-0.2, -0.15) is 4.98 Å². The molecular weight excluding hydrogens is 340 g/mol. The molecule has 1 fully saturated rings. The lowest BCUT2D eigenvalue weighted by molar-refractivity contribution is 0.380. The molecule has 1 unspecified atom stereocenters. The van der Waals surface area contributed by atoms with Crippen molar-refractivity contribution >= 4 is 16.7 Å². The standard InChI is InChI=1S/C20H20N6O/c21-10-18(24-15-7-8-16-17(9-15)23-11-22-16)12-1-3-13(4-2-12)19-25-20(27-26-19)14-5-6-14/h1-4,7-9,11,14,18,24H,5-6,10,21H2,(H,22,23). The van der Waals surface area contributed by atoms with Crippen LogP contribution in [-0.4, -0.2) is 26.7 Å². The van der Waals surface area contributed by atoms with Crippen molar-refractivity contribution in [2.45, 2.75) is 24.8 Å². The van der Waals surface area contributed by atoms with Gasteiger partial charge in [0.15, 0.2) is 0 Å². The average Bonchev–Trinajstić information content (AvgIpc) is 3.25. The molecule has 0 radical (unpaired) electrons. The Balaban J connectivity index is 1.35. The summed E-state index contributed by atoms with van der Waals surface area (Å²) in [7, 11) is 0. The predicted octanol–water partition coefficient (Wildman–Crippen LogP) is 3.60. The fraction of sp³-hybridized carbons (Fsp3) is 0.250. The van der Waals surface area contributed by atoms with Crippen LogP contribution in [0.3, 0.4) is 0 Å². The van der Waals surface area contributed by atoms with Crippen LogP contribution in [0.5, 0.6) is 0 Å². The molecule has 1 aliphatic carbocycles. The zero-order valence-corrected chi connectivity index (χ0v) is 14.7. The highest BCUT2D eigenvalue weighted by Crippen LogP contribution is 2.39. The van der Waals surface area contributed by atoms with Gasteiger partial charge in [-0.25, -0.2) is 4.98 Å². The fourth-order valence-corrected chi connectivity index (χ4v) is 3.22. The lowest BCUT2D eigenvalue weighted by atomic mass is 10.0. The van der Waals surface area contributed by atoms with E-state index in [9.17, 15) is 0 Å². The first-order chi connectivity index (χ1) is 13.3. The smallest absolute Gasteiger partial charge is 0.230 e. The molecule has 27 heavy (non-hydrogen) atoms. The molecule has 0 spiro atoms. The average molecular weight is 360 g/mol. The topological polar surface area (TPSA) is 106 Å². The monoisotopic (exact) mass is 360 g/mol. The Morgan fingerprint density at radius 1 is 1.19 bits per heavy atom. The van der Waals surface area contributed by atoms with Gasteiger partial charge in [0, 0.05) is 23.7 Å². The molecule has 2 heterocycles. The van der Waals surface area contributed by atoms with Gasteiger partial charge in [-0.3, -0.25) is 0 Å². The van der Waals surface area contributed by atoms with Gasteiger partial charge in [-0.15, -0.1) is 0 Å². The SMILES string of the molecule is NCC(Nc1ccc2nc[nH]c2c1)c1ccc(-c2noc(C3CC3)n2)cc1. The van der Waals surface area contributed by atoms with E-state index in [1.54, 1.807) is 6.33 Å². The summed E-state index contributed by atoms with van der Waals surface area (Å²) in [4.78, 5) is 11.9. The summed E-state index contributed by atoms with van der Waals surface area (Å²) >= 11 is 0. The summed E-state index contributed by atoms with van der Waals surface area (Å²) in [5.74, 6) is 1.86. The van der Waals surface area contributed by atoms with E-state index in [1.807, 2.05) is 30.3 Å². The van der Waals surface area contributed by atoms with Gasteiger partial charge in [0.1, 0.15) is 0 Å². The molecule has 1 atom stereocenters. The van der Waals surface area contributed by atoms with E-state index in [1.165, 1.54) is 0 Å². The quantitative estimate of drug-likeness (QED) is 0.485. The van der Waals surface area contributed by atoms with Crippen LogP contribution in [0.4, 0.5) is 5.69 Å². The Morgan fingerprint density at radius 3 is 2.81 bits per heavy atom. The number of aromatic nitrogens is 4. The van der Waals surface area contributed by atoms with Crippen molar-refractivity contribution in [1.29, 1.82) is 0 Å². The maximum absolute atomic E-state index is 6.02. The first kappa shape index (κ1) is 16.0. The van der Waals surface area contributed by atoms with Gasteiger partial charge in [-0.05, 0) is 36.6 Å². The van der Waals surface area contributed by atoms with Crippen molar-refractivity contribution in [3.05, 3.63) is 60.2 Å². The van der Waals surface area contributed by atoms with Crippen LogP contribution >= 0.6 is 0 Å². The molecule has 0 aliphatic heterocycles. The largest absolute Gasteiger partial charge is 0.377 e. The van der Waals surface area contributed by atoms with Crippen molar-refractivity contribution in [3.63, 3.8) is 0 Å². The van der Waals surface area contributed by atoms with Crippen LogP contribution in [0.1, 0.15) is 36.3 Å². The summed E-state index contributed by atoms with van der Waals surface area (Å²) in [6, 6.07) is 14.2. The minimum absolute atomic E-state index is 0.00622. The van der Waals surface area contributed by atoms with Crippen molar-refractivity contribution in [2.75, 3.05) is 11.9 Å². The lowest BCUT2D eigenvalue weighted by Crippen LogP contribution is -2.20. The molecule has 0 saturated heterocycles. The number of nitrogens with zero attached hydrogens (tertiary/aromatic N) is 3. The van der Waals surface area contributed by atoms with Crippen molar-refractivity contribution in [1.82, 2.24) is 20.1 Å². The third-order valence-electron chi connectivity index (χ3n) is 4.94. The summed E-state index contributed by atoms with van der Waals surface area (Å²) in [6.45, 7) is 0.481. The molecular formula is C20H20N6O. The Bertz CT molecular complexity index is 1060. The Hall–Kier alpha value is -3.19. The minimum atomic E-state index is 0.00622. The highest BCUT2D eigenvalue weighted by Gasteiger charge is 2.29. The van der Waals surface area contributed by atoms with Crippen LogP contribution in [-0.2, 0) is 0 Å². The van der Waals surface area contributed by atoms with Crippen LogP contribution in [0.15, 0.2) is 53.3 Å². The van der Waals surface area contributed by atoms with Gasteiger partial charge < -0.3 is 20.6 Å². The Labute approximate surface area is 156 Å². The molecule has 7 heteroatoms. The van der Waals surface area contributed by atoms with Crippen LogP contribution in [0, 0.1) is 0 Å². The second-order valence-corrected chi connectivity index (χ2v) is 6.92. The zero-order chi connectivity index (χ0) is 18.2. The molecule has 7 nitrogen and oxygen atoms in total. The lowest BCUT2D eigenvalue weighted by Gasteiger charge is -2.19. The summed E-state index contributed by atoms with van der Waals surface area (Å²) < 4.78 is 5.35. The van der Waals surface area contributed by atoms with Crippen molar-refractivity contribution in [3.8, 4) is 11.4 Å². The van der Waals surface area contributed by atoms with E-state index in [-0.39, 0.29) is 6.04 Å². The highest BCUT2D eigenvalue weighted by molar-refractivity contribution is 5.78. The van der Waals surface area contributed by atoms with E-state index >= 15 is 0 Å². The molecule has 1 aliphatic rings. The van der Waals surface area contributed by atoms with E-state index in [4.69, 9.17) is 10.3 Å². The number of anilines is 1. The number of imidazole rings is 1. The molecule has 4 N–H and O–H groups in total. The molecule has 5 rings (SSSR count). The fourth-order valence-electron chi connectivity index (χ4n) is 3.22. The van der Waals surface area contributed by atoms with Gasteiger partial charge in [0.2, 0.25) is 11.7 Å². The molecule has 2 aromatic carbocycles. The molecule has 136 valence electrons. The van der Waals surface area contributed by atoms with Crippen molar-refractivity contribution in [2.24, 2.45) is 5.73 Å². The maximum atomic E-state index is 6.02. The number of nitrogens with two attached hydrogens (primary N) is 1. The number of rotatable bonds is 6. The summed E-state index contributed by atoms with van der Waals surface area (Å²) in [5.41, 5.74) is 11.0. The first-order valence-corrected chi connectivity index (χ1v) is 9.14. The Morgan fingerprint density at radius 2 is 2.04 bits per heavy atom. The highest BCUT2D eigenvalue weighted by atomic mass is 16.5. The first-order valence-electron chi connectivity index (χ1n) is 9.14. The summed E-state index contributed by atoms with van der Waals surface area (Å²) in [5, 5.41) is 7.59. The van der Waals surface area contributed by atoms with Crippen LogP contribution in [0.2, 0.25) is 0 Å². The van der Waals surface area contributed by atoms with E-state index < -0.39 is 0 Å². The van der Waals surface area contributed by atoms with Gasteiger partial charge in [0.25, 0.3) is 0 Å². The van der Waals surface area contributed by atoms with E-state index in [0.29, 0.717) is 18.3 Å². The second-order valence-electron chi connectivity index (χ2n) is 6.92. The number of nitrogens with one attached hydrogen (secondary N) is 2. The van der Waals surface area contributed by atoms with Crippen LogP contribution in [0.25, 0.3) is 22.4 Å². The predicted molar refractivity (Wildman–Crippen MR) is 103 cm³/mol. The third kappa shape index (κ3) is 3.17. The molecule has 4 aromatic rings. The number of hydrogen-bond acceptors (Lipinski definition) is 6. The molecule has 0 amide bonds. The molecule has 1 saturated carbocycles. The number of hydrogen-bond donors (Lipinski definition) is 3. The number of H-pyrrole nitrogens is 1. The van der Waals surface area contributed by atoms with Gasteiger partial charge in [0.05, 0.1) is 23.4 Å². The third-order valence-corrected chi connectivity index (χ3v) is 4.94. The zero-order valence-electron chi connectivity index (χ0n) is 14.7. The maximum Gasteiger partial charge on any atom is 0.230 e. The summed E-state index contributed by atoms with van der Waals surface area (Å²) in [6.07, 6.45) is 3.99. The Kier molecular flexibility index (Phi) is 3.86.